The van der Waals surface area contributed by atoms with Gasteiger partial charge in [0.05, 0.1) is 83.8 Å². The maximum atomic E-state index is 15.1. The van der Waals surface area contributed by atoms with Gasteiger partial charge < -0.3 is 55.6 Å². The van der Waals surface area contributed by atoms with E-state index in [1.807, 2.05) is 17.5 Å². The Bertz CT molecular complexity index is 7460. The highest BCUT2D eigenvalue weighted by molar-refractivity contribution is 6.34. The summed E-state index contributed by atoms with van der Waals surface area (Å²) in [5.74, 6) is -18.3. The summed E-state index contributed by atoms with van der Waals surface area (Å²) in [6, 6.07) is 42.0. The van der Waals surface area contributed by atoms with E-state index in [1.54, 1.807) is 135 Å². The van der Waals surface area contributed by atoms with Crippen molar-refractivity contribution in [3.8, 4) is 45.5 Å². The number of halogens is 16. The summed E-state index contributed by atoms with van der Waals surface area (Å²) in [6.45, 7) is 1.21. The molecule has 1 saturated carbocycles. The minimum Gasteiger partial charge on any atom is -0.467 e. The number of nitriles is 2. The highest BCUT2D eigenvalue weighted by atomic mass is 35.5. The van der Waals surface area contributed by atoms with Gasteiger partial charge in [0.1, 0.15) is 75.8 Å². The zero-order valence-corrected chi connectivity index (χ0v) is 78.4. The summed E-state index contributed by atoms with van der Waals surface area (Å²) >= 11 is 12.9. The third kappa shape index (κ3) is 23.5. The lowest BCUT2D eigenvalue weighted by atomic mass is 9.91. The molecule has 0 saturated heterocycles. The van der Waals surface area contributed by atoms with Gasteiger partial charge in [-0.2, -0.15) is 36.9 Å². The van der Waals surface area contributed by atoms with Gasteiger partial charge in [-0.3, -0.25) is 38.9 Å². The van der Waals surface area contributed by atoms with Gasteiger partial charge in [0, 0.05) is 153 Å². The number of ether oxygens (including phenoxy) is 3. The fourth-order valence-corrected chi connectivity index (χ4v) is 17.2. The molecule has 0 aliphatic heterocycles. The van der Waals surface area contributed by atoms with E-state index in [0.29, 0.717) is 107 Å². The van der Waals surface area contributed by atoms with Crippen LogP contribution in [0.25, 0.3) is 77.0 Å². The number of fused-ring (bicyclic) bond motifs is 4. The lowest BCUT2D eigenvalue weighted by Gasteiger charge is -2.32. The molecule has 742 valence electrons. The maximum absolute atomic E-state index is 15.1. The van der Waals surface area contributed by atoms with Gasteiger partial charge in [-0.1, -0.05) is 121 Å². The van der Waals surface area contributed by atoms with Gasteiger partial charge >= 0.3 is 30.3 Å². The number of alkyl halides is 8. The fourth-order valence-electron chi connectivity index (χ4n) is 16.7. The number of aryl methyl sites for hydroxylation is 1. The van der Waals surface area contributed by atoms with Crippen LogP contribution in [0, 0.1) is 57.6 Å². The summed E-state index contributed by atoms with van der Waals surface area (Å²) in [6.07, 6.45) is -5.68. The van der Waals surface area contributed by atoms with Crippen LogP contribution in [-0.4, -0.2) is 139 Å². The maximum Gasteiger partial charge on any atom is 0.417 e. The SMILES string of the molecule is CC[C@@H](Nc1cc(F)c(C(=O)N[C@@H](Cc2ccc(-c3c(C(F)(F)F)c4cc(N(C)C)ccc4n(C)c3=O)c3ncccc23)C(=O)OC)c(F)c1)C(F)(F)F.COC(=O)[C@H](Cc1ccc(-c2ccc(C#N)cc2Cl)c2ncccc12)NC(=O)c1c(F)cc(NC(=O)c2ccccc2)cc1F.COC(=O)[C@H](Cc1ccc(-c2ccc(C#N)cc2Cl)c2ncccc12)NC(=O)c1c(F)cc(N[C@@H]2CCCCC2(F)F)cc1F. The molecule has 15 rings (SSSR count). The van der Waals surface area contributed by atoms with E-state index >= 15 is 26.3 Å². The topological polar surface area (TPSA) is 331 Å². The molecule has 4 aromatic heterocycles. The van der Waals surface area contributed by atoms with E-state index in [1.165, 1.54) is 74.8 Å². The zero-order chi connectivity index (χ0) is 104. The number of carbonyl (C=O) groups excluding carboxylic acids is 7. The first-order valence-electron chi connectivity index (χ1n) is 43.9. The van der Waals surface area contributed by atoms with Crippen molar-refractivity contribution in [2.24, 2.45) is 7.05 Å². The van der Waals surface area contributed by atoms with E-state index in [4.69, 9.17) is 37.4 Å². The third-order valence-corrected chi connectivity index (χ3v) is 24.4. The van der Waals surface area contributed by atoms with Crippen molar-refractivity contribution in [1.82, 2.24) is 35.5 Å². The number of amides is 4. The third-order valence-electron chi connectivity index (χ3n) is 23.8. The predicted molar refractivity (Wildman–Crippen MR) is 512 cm³/mol. The molecule has 0 bridgehead atoms. The first-order chi connectivity index (χ1) is 68.5. The number of carbonyl (C=O) groups is 7. The van der Waals surface area contributed by atoms with Crippen LogP contribution >= 0.6 is 23.2 Å². The van der Waals surface area contributed by atoms with Gasteiger partial charge in [0.2, 0.25) is 0 Å². The second-order valence-corrected chi connectivity index (χ2v) is 34.0. The number of nitrogens with zero attached hydrogens (tertiary/aromatic N) is 7. The quantitative estimate of drug-likeness (QED) is 0.0167. The number of methoxy groups -OCH3 is 3. The largest absolute Gasteiger partial charge is 0.467 e. The minimum atomic E-state index is -5.00. The summed E-state index contributed by atoms with van der Waals surface area (Å²) in [5.41, 5.74) is -0.555. The van der Waals surface area contributed by atoms with E-state index in [0.717, 1.165) is 50.2 Å². The van der Waals surface area contributed by atoms with E-state index < -0.39 is 177 Å². The average molecular weight is 2030 g/mol. The first-order valence-corrected chi connectivity index (χ1v) is 44.6. The number of aromatic nitrogens is 4. The van der Waals surface area contributed by atoms with Gasteiger partial charge in [-0.05, 0) is 145 Å². The fraction of sp³-hybridized carbons (Fsp3) is 0.221. The summed E-state index contributed by atoms with van der Waals surface area (Å²) < 4.78 is 219. The Morgan fingerprint density at radius 1 is 0.500 bits per heavy atom. The lowest BCUT2D eigenvalue weighted by Crippen LogP contribution is -2.44. The van der Waals surface area contributed by atoms with Crippen molar-refractivity contribution in [2.75, 3.05) is 56.3 Å². The van der Waals surface area contributed by atoms with Crippen LogP contribution in [-0.2, 0) is 61.1 Å². The molecule has 1 aliphatic carbocycles. The molecule has 24 nitrogen and oxygen atoms in total. The molecule has 5 atom stereocenters. The standard InChI is InChI=1S/C37H33F8N5O4.C34H23ClF2N4O4.C33H27ClF4N4O3/c1-6-28(36(40,41)42)47-19-15-24(38)30(25(39)16-19)33(51)48-26(35(53)54-5)14-18-9-11-22(32-21(18)8-7-13-46-32)29-31(37(43,44)45)23-17-20(49(2)3)10-12-27(23)50(4)34(29)52;1-45-34(44)29(41-33(43)30-27(36)16-22(17-28(30)37)40-32(42)20-6-3-2-4-7-20)15-21-10-12-25(31-23(21)8-5-13-39-31)24-11-9-19(18-38)14-26(24)35;1-45-32(44)27(42-31(43)29-25(35)15-20(16-26(29)36)41-28-6-2-3-11-33(28,37)38)14-19-8-10-23(30-21(19)5-4-12-40-30)22-9-7-18(17-39)13-24(22)34/h7-13,15-17,26,28,47H,6,14H2,1-5H3,(H,48,51);2-14,16-17,29H,15H2,1H3,(H,40,42)(H,41,43);4-5,7-10,12-13,15-16,27-28,41H,2-3,6,11,14H2,1H3,(H,42,43)/t26-,28+;29-;27-,28+/m000/s1. The minimum absolute atomic E-state index is 0.0393. The monoisotopic (exact) mass is 2030 g/mol. The second-order valence-electron chi connectivity index (χ2n) is 33.2. The molecule has 1 aliphatic rings. The Balaban J connectivity index is 0.000000182. The average Bonchev–Trinajstić information content (AvgIpc) is 0.724. The van der Waals surface area contributed by atoms with Crippen molar-refractivity contribution in [3.05, 3.63) is 324 Å². The Kier molecular flexibility index (Phi) is 32.7. The number of rotatable bonds is 26. The predicted octanol–water partition coefficient (Wildman–Crippen LogP) is 21.1. The number of hydrogen-bond acceptors (Lipinski definition) is 19. The Morgan fingerprint density at radius 3 is 1.28 bits per heavy atom. The lowest BCUT2D eigenvalue weighted by molar-refractivity contribution is -0.143. The summed E-state index contributed by atoms with van der Waals surface area (Å²) in [4.78, 5) is 119. The molecule has 40 heteroatoms. The molecule has 4 heterocycles. The van der Waals surface area contributed by atoms with Crippen molar-refractivity contribution >= 4 is 131 Å². The van der Waals surface area contributed by atoms with E-state index in [-0.39, 0.29) is 75.6 Å². The Labute approximate surface area is 821 Å². The highest BCUT2D eigenvalue weighted by Gasteiger charge is 2.44. The van der Waals surface area contributed by atoms with Crippen LogP contribution in [0.1, 0.15) is 114 Å². The molecule has 10 aromatic carbocycles. The van der Waals surface area contributed by atoms with Crippen LogP contribution < -0.4 is 42.4 Å². The number of pyridine rings is 4. The number of anilines is 4. The molecule has 14 aromatic rings. The van der Waals surface area contributed by atoms with Gasteiger partial charge in [-0.15, -0.1) is 0 Å². The molecular formula is C104H83Cl2F14N13O11. The highest BCUT2D eigenvalue weighted by Crippen LogP contribution is 2.45. The number of nitrogens with one attached hydrogen (secondary N) is 6. The zero-order valence-electron chi connectivity index (χ0n) is 76.9. The van der Waals surface area contributed by atoms with Crippen molar-refractivity contribution in [3.63, 3.8) is 0 Å². The van der Waals surface area contributed by atoms with Crippen molar-refractivity contribution in [1.29, 1.82) is 10.5 Å². The number of benzene rings is 10. The molecule has 6 N–H and O–H groups in total. The Morgan fingerprint density at radius 2 is 0.903 bits per heavy atom. The van der Waals surface area contributed by atoms with Crippen LogP contribution in [0.5, 0.6) is 0 Å². The molecular weight excluding hydrogens is 1940 g/mol. The van der Waals surface area contributed by atoms with Crippen LogP contribution in [0.15, 0.2) is 218 Å². The summed E-state index contributed by atoms with van der Waals surface area (Å²) in [5, 5.41) is 34.0. The van der Waals surface area contributed by atoms with E-state index in [9.17, 15) is 84.0 Å². The molecule has 0 spiro atoms. The normalized spacial score (nSPS) is 13.6. The van der Waals surface area contributed by atoms with Crippen molar-refractivity contribution in [2.45, 2.75) is 107 Å². The van der Waals surface area contributed by atoms with Gasteiger partial charge in [-0.25, -0.2) is 49.5 Å². The molecule has 144 heavy (non-hydrogen) atoms. The molecule has 0 radical (unpaired) electrons. The second kappa shape index (κ2) is 44.8. The molecule has 0 unspecified atom stereocenters. The number of hydrogen-bond donors (Lipinski definition) is 6. The number of esters is 3. The first kappa shape index (κ1) is 105. The smallest absolute Gasteiger partial charge is 0.417 e. The summed E-state index contributed by atoms with van der Waals surface area (Å²) in [7, 11) is 7.87. The molecule has 4 amide bonds. The Hall–Kier alpha value is -16.1. The van der Waals surface area contributed by atoms with Crippen LogP contribution in [0.4, 0.5) is 84.2 Å². The van der Waals surface area contributed by atoms with Gasteiger partial charge in [0.15, 0.2) is 0 Å². The van der Waals surface area contributed by atoms with Crippen molar-refractivity contribution < 1.29 is 109 Å². The van der Waals surface area contributed by atoms with E-state index in [2.05, 4.69) is 41.5 Å². The van der Waals surface area contributed by atoms with Crippen LogP contribution in [0.2, 0.25) is 10.0 Å². The van der Waals surface area contributed by atoms with Crippen LogP contribution in [0.3, 0.4) is 0 Å². The molecule has 1 fully saturated rings. The van der Waals surface area contributed by atoms with Gasteiger partial charge in [0.25, 0.3) is 35.1 Å².